The first-order valence-corrected chi connectivity index (χ1v) is 10.7. The van der Waals surface area contributed by atoms with Crippen LogP contribution in [0, 0.1) is 0 Å². The second kappa shape index (κ2) is 10.7. The molecule has 1 aliphatic rings. The van der Waals surface area contributed by atoms with Crippen LogP contribution in [0.4, 0.5) is 0 Å². The number of carbonyl (C=O) groups is 2. The zero-order valence-corrected chi connectivity index (χ0v) is 18.1. The van der Waals surface area contributed by atoms with E-state index < -0.39 is 6.10 Å². The Morgan fingerprint density at radius 1 is 0.935 bits per heavy atom. The first-order chi connectivity index (χ1) is 15.0. The first-order valence-electron chi connectivity index (χ1n) is 10.7. The van der Waals surface area contributed by atoms with E-state index in [4.69, 9.17) is 9.47 Å². The second-order valence-corrected chi connectivity index (χ2v) is 7.57. The number of carbonyl (C=O) groups excluding carboxylic acids is 2. The Morgan fingerprint density at radius 3 is 2.23 bits per heavy atom. The first kappa shape index (κ1) is 22.5. The van der Waals surface area contributed by atoms with Crippen molar-refractivity contribution in [1.29, 1.82) is 0 Å². The van der Waals surface area contributed by atoms with Crippen LogP contribution in [0.3, 0.4) is 0 Å². The van der Waals surface area contributed by atoms with Crippen molar-refractivity contribution < 1.29 is 24.2 Å². The van der Waals surface area contributed by atoms with Crippen molar-refractivity contribution in [2.24, 2.45) is 0 Å². The summed E-state index contributed by atoms with van der Waals surface area (Å²) in [6.45, 7) is 6.48. The lowest BCUT2D eigenvalue weighted by Gasteiger charge is -2.25. The third-order valence-electron chi connectivity index (χ3n) is 5.25. The van der Waals surface area contributed by atoms with Gasteiger partial charge in [-0.3, -0.25) is 9.59 Å². The molecule has 2 aromatic rings. The highest BCUT2D eigenvalue weighted by Gasteiger charge is 2.26. The van der Waals surface area contributed by atoms with E-state index in [1.807, 2.05) is 36.1 Å². The van der Waals surface area contributed by atoms with Gasteiger partial charge < -0.3 is 24.4 Å². The molecule has 1 aliphatic heterocycles. The van der Waals surface area contributed by atoms with Gasteiger partial charge in [0, 0.05) is 26.2 Å². The van der Waals surface area contributed by atoms with Gasteiger partial charge in [-0.05, 0) is 62.2 Å². The quantitative estimate of drug-likeness (QED) is 0.737. The van der Waals surface area contributed by atoms with Gasteiger partial charge in [-0.25, -0.2) is 0 Å². The van der Waals surface area contributed by atoms with Gasteiger partial charge in [-0.1, -0.05) is 12.1 Å². The minimum absolute atomic E-state index is 0.0619. The molecule has 166 valence electrons. The molecule has 1 saturated heterocycles. The number of rotatable bonds is 7. The summed E-state index contributed by atoms with van der Waals surface area (Å²) in [5, 5.41) is 9.36. The number of phenolic OH excluding ortho intramolecular Hbond substituents is 1. The molecule has 1 fully saturated rings. The van der Waals surface area contributed by atoms with Gasteiger partial charge in [0.05, 0.1) is 13.0 Å². The Bertz CT molecular complexity index is 867. The highest BCUT2D eigenvalue weighted by Crippen LogP contribution is 2.18. The van der Waals surface area contributed by atoms with Gasteiger partial charge >= 0.3 is 0 Å². The minimum Gasteiger partial charge on any atom is -0.508 e. The number of aromatic hydroxyl groups is 1. The summed E-state index contributed by atoms with van der Waals surface area (Å²) in [4.78, 5) is 29.2. The third-order valence-corrected chi connectivity index (χ3v) is 5.25. The fraction of sp³-hybridized carbons (Fsp3) is 0.417. The molecular weight excluding hydrogens is 396 g/mol. The van der Waals surface area contributed by atoms with Crippen molar-refractivity contribution in [3.05, 3.63) is 54.1 Å². The summed E-state index contributed by atoms with van der Waals surface area (Å²) in [6.07, 6.45) is 0.420. The average Bonchev–Trinajstić information content (AvgIpc) is 3.03. The molecule has 31 heavy (non-hydrogen) atoms. The van der Waals surface area contributed by atoms with Crippen LogP contribution >= 0.6 is 0 Å². The van der Waals surface area contributed by atoms with Crippen molar-refractivity contribution in [2.45, 2.75) is 32.8 Å². The number of hydrogen-bond donors (Lipinski definition) is 1. The molecule has 1 unspecified atom stereocenters. The Kier molecular flexibility index (Phi) is 7.76. The molecule has 1 N–H and O–H groups in total. The zero-order chi connectivity index (χ0) is 22.2. The van der Waals surface area contributed by atoms with Crippen LogP contribution in [0.15, 0.2) is 48.5 Å². The van der Waals surface area contributed by atoms with Crippen molar-refractivity contribution in [2.75, 3.05) is 32.8 Å². The van der Waals surface area contributed by atoms with Crippen LogP contribution < -0.4 is 9.47 Å². The molecule has 0 aliphatic carbocycles. The Labute approximate surface area is 183 Å². The lowest BCUT2D eigenvalue weighted by Crippen LogP contribution is -2.43. The fourth-order valence-electron chi connectivity index (χ4n) is 3.58. The van der Waals surface area contributed by atoms with Crippen LogP contribution in [0.2, 0.25) is 0 Å². The summed E-state index contributed by atoms with van der Waals surface area (Å²) < 4.78 is 11.2. The Balaban J connectivity index is 1.51. The smallest absolute Gasteiger partial charge is 0.263 e. The highest BCUT2D eigenvalue weighted by molar-refractivity contribution is 5.81. The van der Waals surface area contributed by atoms with Gasteiger partial charge in [-0.2, -0.15) is 0 Å². The predicted octanol–water partition coefficient (Wildman–Crippen LogP) is 2.86. The summed E-state index contributed by atoms with van der Waals surface area (Å²) in [5.41, 5.74) is 0.946. The number of ether oxygens (including phenoxy) is 2. The number of nitrogens with zero attached hydrogens (tertiary/aromatic N) is 2. The summed E-state index contributed by atoms with van der Waals surface area (Å²) in [7, 11) is 0. The van der Waals surface area contributed by atoms with Crippen LogP contribution in [-0.2, 0) is 16.0 Å². The van der Waals surface area contributed by atoms with E-state index in [2.05, 4.69) is 0 Å². The lowest BCUT2D eigenvalue weighted by atomic mass is 10.1. The normalized spacial score (nSPS) is 15.2. The van der Waals surface area contributed by atoms with E-state index in [0.717, 1.165) is 17.7 Å². The molecule has 7 heteroatoms. The topological polar surface area (TPSA) is 79.3 Å². The van der Waals surface area contributed by atoms with Gasteiger partial charge in [0.1, 0.15) is 17.2 Å². The van der Waals surface area contributed by atoms with Gasteiger partial charge in [0.15, 0.2) is 6.10 Å². The standard InChI is InChI=1S/C24H30N2O5/c1-3-30-21-9-5-19(6-10-21)17-23(28)25-13-4-14-26(16-15-25)24(29)18(2)31-22-11-7-20(27)8-12-22/h5-12,18,27H,3-4,13-17H2,1-2H3. The largest absolute Gasteiger partial charge is 0.508 e. The van der Waals surface area contributed by atoms with Crippen LogP contribution in [0.5, 0.6) is 17.2 Å². The number of amides is 2. The van der Waals surface area contributed by atoms with Crippen molar-refractivity contribution in [1.82, 2.24) is 9.80 Å². The van der Waals surface area contributed by atoms with Gasteiger partial charge in [-0.15, -0.1) is 0 Å². The molecule has 0 saturated carbocycles. The van der Waals surface area contributed by atoms with E-state index in [1.165, 1.54) is 12.1 Å². The fourth-order valence-corrected chi connectivity index (χ4v) is 3.58. The average molecular weight is 427 g/mol. The molecule has 0 radical (unpaired) electrons. The molecule has 3 rings (SSSR count). The molecule has 7 nitrogen and oxygen atoms in total. The van der Waals surface area contributed by atoms with Crippen LogP contribution in [-0.4, -0.2) is 65.6 Å². The maximum absolute atomic E-state index is 12.8. The second-order valence-electron chi connectivity index (χ2n) is 7.57. The molecule has 2 aromatic carbocycles. The molecule has 0 aromatic heterocycles. The van der Waals surface area contributed by atoms with E-state index in [1.54, 1.807) is 24.0 Å². The van der Waals surface area contributed by atoms with Crippen LogP contribution in [0.1, 0.15) is 25.8 Å². The Morgan fingerprint density at radius 2 is 1.55 bits per heavy atom. The third kappa shape index (κ3) is 6.38. The number of phenols is 1. The van der Waals surface area contributed by atoms with Crippen molar-refractivity contribution in [3.8, 4) is 17.2 Å². The lowest BCUT2D eigenvalue weighted by molar-refractivity contribution is -0.138. The van der Waals surface area contributed by atoms with E-state index >= 15 is 0 Å². The summed E-state index contributed by atoms with van der Waals surface area (Å²) in [5.74, 6) is 1.43. The molecule has 1 atom stereocenters. The maximum Gasteiger partial charge on any atom is 0.263 e. The maximum atomic E-state index is 12.8. The summed E-state index contributed by atoms with van der Waals surface area (Å²) >= 11 is 0. The highest BCUT2D eigenvalue weighted by atomic mass is 16.5. The molecule has 0 spiro atoms. The monoisotopic (exact) mass is 426 g/mol. The van der Waals surface area contributed by atoms with E-state index in [0.29, 0.717) is 45.0 Å². The molecule has 2 amide bonds. The molecule has 0 bridgehead atoms. The van der Waals surface area contributed by atoms with Crippen LogP contribution in [0.25, 0.3) is 0 Å². The minimum atomic E-state index is -0.643. The van der Waals surface area contributed by atoms with Gasteiger partial charge in [0.2, 0.25) is 5.91 Å². The SMILES string of the molecule is CCOc1ccc(CC(=O)N2CCCN(C(=O)C(C)Oc3ccc(O)cc3)CC2)cc1. The number of benzene rings is 2. The summed E-state index contributed by atoms with van der Waals surface area (Å²) in [6, 6.07) is 13.9. The molecular formula is C24H30N2O5. The zero-order valence-electron chi connectivity index (χ0n) is 18.1. The van der Waals surface area contributed by atoms with E-state index in [9.17, 15) is 14.7 Å². The van der Waals surface area contributed by atoms with Crippen molar-refractivity contribution >= 4 is 11.8 Å². The van der Waals surface area contributed by atoms with Crippen molar-refractivity contribution in [3.63, 3.8) is 0 Å². The predicted molar refractivity (Wildman–Crippen MR) is 117 cm³/mol. The number of hydrogen-bond acceptors (Lipinski definition) is 5. The van der Waals surface area contributed by atoms with E-state index in [-0.39, 0.29) is 17.6 Å². The Hall–Kier alpha value is -3.22. The van der Waals surface area contributed by atoms with Gasteiger partial charge in [0.25, 0.3) is 5.91 Å². The molecule has 1 heterocycles.